The Morgan fingerprint density at radius 1 is 1.10 bits per heavy atom. The third kappa shape index (κ3) is 7.95. The molecule has 1 saturated heterocycles. The molecule has 3 heterocycles. The van der Waals surface area contributed by atoms with Gasteiger partial charge in [-0.3, -0.25) is 37.5 Å². The summed E-state index contributed by atoms with van der Waals surface area (Å²) in [5.74, 6) is -1.31. The molecule has 0 radical (unpaired) electrons. The summed E-state index contributed by atoms with van der Waals surface area (Å²) in [5, 5.41) is 17.9. The first kappa shape index (κ1) is 32.3. The number of aliphatic hydroxyl groups is 1. The van der Waals surface area contributed by atoms with Gasteiger partial charge < -0.3 is 19.3 Å². The number of carbonyl (C=O) groups is 2. The number of aromatic nitrogens is 5. The fraction of sp³-hybridized carbons (Fsp3) is 0.652. The topological polar surface area (TPSA) is 203 Å². The van der Waals surface area contributed by atoms with Crippen molar-refractivity contribution in [1.82, 2.24) is 24.5 Å². The fourth-order valence-electron chi connectivity index (χ4n) is 3.29. The highest BCUT2D eigenvalue weighted by Gasteiger charge is 2.46. The van der Waals surface area contributed by atoms with Crippen molar-refractivity contribution < 1.29 is 46.9 Å². The number of ether oxygens (including phenoxy) is 3. The maximum Gasteiger partial charge on any atom is 0.388 e. The Bertz CT molecular complexity index is 1370. The second-order valence-corrected chi connectivity index (χ2v) is 13.1. The first-order chi connectivity index (χ1) is 18.9. The molecule has 4 unspecified atom stereocenters. The van der Waals surface area contributed by atoms with E-state index in [4.69, 9.17) is 23.3 Å². The van der Waals surface area contributed by atoms with Gasteiger partial charge in [-0.15, -0.1) is 5.10 Å². The van der Waals surface area contributed by atoms with Gasteiger partial charge in [-0.25, -0.2) is 13.9 Å². The van der Waals surface area contributed by atoms with Crippen molar-refractivity contribution in [3.8, 4) is 0 Å². The number of halogens is 1. The molecular formula is C23H33FN5O11P. The van der Waals surface area contributed by atoms with Crippen LogP contribution in [0, 0.1) is 10.8 Å². The first-order valence-electron chi connectivity index (χ1n) is 12.4. The van der Waals surface area contributed by atoms with Gasteiger partial charge in [0.15, 0.2) is 17.8 Å². The number of carbonyl (C=O) groups excluding carboxylic acids is 2. The standard InChI is InChI=1S/C23H33FN5O11P/c1-22(2,3)19(32)36-11-38-41(35,39-12-37-20(33)23(4,5)6)15-10-28(27-26-15)9-13-17(31)16(24)18(40-13)29-8-7-14(30)25-21(29)34/h7-8,10,13,16-18,31H,9,11-12H2,1-6H3,(H,25,30,34). The van der Waals surface area contributed by atoms with E-state index in [-0.39, 0.29) is 12.0 Å². The zero-order chi connectivity index (χ0) is 30.8. The molecule has 0 aromatic carbocycles. The molecule has 1 aliphatic heterocycles. The molecule has 2 N–H and O–H groups in total. The molecule has 3 rings (SSSR count). The van der Waals surface area contributed by atoms with Crippen molar-refractivity contribution in [2.24, 2.45) is 10.8 Å². The van der Waals surface area contributed by atoms with Crippen LogP contribution >= 0.6 is 7.60 Å². The number of alkyl halides is 1. The van der Waals surface area contributed by atoms with Gasteiger partial charge >= 0.3 is 25.2 Å². The smallest absolute Gasteiger partial charge is 0.388 e. The molecule has 228 valence electrons. The van der Waals surface area contributed by atoms with E-state index >= 15 is 0 Å². The molecule has 18 heteroatoms. The van der Waals surface area contributed by atoms with Crippen LogP contribution in [0.15, 0.2) is 28.0 Å². The fourth-order valence-corrected chi connectivity index (χ4v) is 4.44. The third-order valence-electron chi connectivity index (χ3n) is 5.64. The lowest BCUT2D eigenvalue weighted by Crippen LogP contribution is -2.35. The van der Waals surface area contributed by atoms with Crippen LogP contribution in [0.3, 0.4) is 0 Å². The Hall–Kier alpha value is -3.24. The molecule has 1 fully saturated rings. The number of nitrogens with zero attached hydrogens (tertiary/aromatic N) is 4. The Balaban J connectivity index is 1.75. The van der Waals surface area contributed by atoms with Crippen molar-refractivity contribution in [1.29, 1.82) is 0 Å². The van der Waals surface area contributed by atoms with Crippen molar-refractivity contribution in [2.45, 2.75) is 72.7 Å². The van der Waals surface area contributed by atoms with E-state index in [1.807, 2.05) is 4.98 Å². The number of nitrogens with one attached hydrogen (secondary N) is 1. The number of H-pyrrole nitrogens is 1. The summed E-state index contributed by atoms with van der Waals surface area (Å²) in [7, 11) is -4.42. The molecule has 0 spiro atoms. The Morgan fingerprint density at radius 2 is 1.66 bits per heavy atom. The second kappa shape index (κ2) is 12.3. The van der Waals surface area contributed by atoms with Gasteiger partial charge in [0.25, 0.3) is 5.56 Å². The minimum absolute atomic E-state index is 0.318. The molecule has 2 aromatic rings. The summed E-state index contributed by atoms with van der Waals surface area (Å²) >= 11 is 0. The highest BCUT2D eigenvalue weighted by atomic mass is 31.2. The number of aliphatic hydroxyl groups excluding tert-OH is 1. The summed E-state index contributed by atoms with van der Waals surface area (Å²) in [5.41, 5.74) is -3.77. The third-order valence-corrected chi connectivity index (χ3v) is 7.30. The largest absolute Gasteiger partial charge is 0.438 e. The van der Waals surface area contributed by atoms with Crippen molar-refractivity contribution in [3.63, 3.8) is 0 Å². The lowest BCUT2D eigenvalue weighted by atomic mass is 9.98. The quantitative estimate of drug-likeness (QED) is 0.214. The minimum Gasteiger partial charge on any atom is -0.438 e. The highest BCUT2D eigenvalue weighted by molar-refractivity contribution is 7.61. The van der Waals surface area contributed by atoms with E-state index in [0.717, 1.165) is 27.7 Å². The molecule has 4 atom stereocenters. The summed E-state index contributed by atoms with van der Waals surface area (Å²) in [4.78, 5) is 49.5. The van der Waals surface area contributed by atoms with E-state index in [1.165, 1.54) is 0 Å². The molecule has 1 aliphatic rings. The van der Waals surface area contributed by atoms with E-state index in [0.29, 0.717) is 0 Å². The Kier molecular flexibility index (Phi) is 9.70. The van der Waals surface area contributed by atoms with Crippen LogP contribution in [0.2, 0.25) is 0 Å². The van der Waals surface area contributed by atoms with Gasteiger partial charge in [0.1, 0.15) is 12.2 Å². The van der Waals surface area contributed by atoms with Crippen LogP contribution in [0.5, 0.6) is 0 Å². The number of hydrogen-bond donors (Lipinski definition) is 2. The summed E-state index contributed by atoms with van der Waals surface area (Å²) in [6.07, 6.45) is -4.41. The average molecular weight is 606 g/mol. The lowest BCUT2D eigenvalue weighted by Gasteiger charge is -2.20. The number of esters is 2. The number of rotatable bonds is 10. The van der Waals surface area contributed by atoms with Crippen molar-refractivity contribution >= 4 is 25.0 Å². The monoisotopic (exact) mass is 605 g/mol. The van der Waals surface area contributed by atoms with Crippen molar-refractivity contribution in [2.75, 3.05) is 13.6 Å². The zero-order valence-corrected chi connectivity index (χ0v) is 24.2. The van der Waals surface area contributed by atoms with E-state index < -0.39 is 79.8 Å². The molecule has 0 amide bonds. The van der Waals surface area contributed by atoms with Gasteiger partial charge in [0.05, 0.1) is 23.6 Å². The van der Waals surface area contributed by atoms with Crippen LogP contribution in [0.4, 0.5) is 4.39 Å². The van der Waals surface area contributed by atoms with Crippen LogP contribution in [0.25, 0.3) is 0 Å². The second-order valence-electron chi connectivity index (χ2n) is 11.2. The maximum absolute atomic E-state index is 14.8. The SMILES string of the molecule is CC(C)(C)C(=O)OCOP(=O)(OCOC(=O)C(C)(C)C)c1cn(CC2OC(n3ccc(=O)[nH]c3=O)C(F)C2O)nn1. The van der Waals surface area contributed by atoms with Gasteiger partial charge in [0.2, 0.25) is 13.6 Å². The van der Waals surface area contributed by atoms with Gasteiger partial charge in [-0.05, 0) is 41.5 Å². The molecule has 0 aliphatic carbocycles. The van der Waals surface area contributed by atoms with Crippen molar-refractivity contribution in [3.05, 3.63) is 39.3 Å². The first-order valence-corrected chi connectivity index (χ1v) is 13.9. The molecule has 2 aromatic heterocycles. The molecule has 41 heavy (non-hydrogen) atoms. The van der Waals surface area contributed by atoms with E-state index in [2.05, 4.69) is 10.3 Å². The molecule has 0 bridgehead atoms. The number of aromatic amines is 1. The maximum atomic E-state index is 14.8. The summed E-state index contributed by atoms with van der Waals surface area (Å²) < 4.78 is 56.3. The van der Waals surface area contributed by atoms with E-state index in [1.54, 1.807) is 41.5 Å². The lowest BCUT2D eigenvalue weighted by molar-refractivity contribution is -0.161. The highest BCUT2D eigenvalue weighted by Crippen LogP contribution is 2.46. The summed E-state index contributed by atoms with van der Waals surface area (Å²) in [6, 6.07) is 0.996. The van der Waals surface area contributed by atoms with Crippen LogP contribution < -0.4 is 16.7 Å². The minimum atomic E-state index is -4.42. The Labute approximate surface area is 233 Å². The number of hydrogen-bond acceptors (Lipinski definition) is 13. The van der Waals surface area contributed by atoms with Gasteiger partial charge in [0, 0.05) is 12.3 Å². The van der Waals surface area contributed by atoms with Crippen LogP contribution in [-0.4, -0.2) is 73.6 Å². The van der Waals surface area contributed by atoms with Crippen LogP contribution in [-0.2, 0) is 44.0 Å². The average Bonchev–Trinajstić information content (AvgIpc) is 3.44. The molecule has 16 nitrogen and oxygen atoms in total. The molecule has 0 saturated carbocycles. The van der Waals surface area contributed by atoms with Crippen LogP contribution in [0.1, 0.15) is 47.8 Å². The molecular weight excluding hydrogens is 572 g/mol. The van der Waals surface area contributed by atoms with Gasteiger partial charge in [-0.1, -0.05) is 5.21 Å². The normalized spacial score (nSPS) is 21.6. The predicted octanol–water partition coefficient (Wildman–Crippen LogP) is 0.370. The Morgan fingerprint density at radius 3 is 2.17 bits per heavy atom. The predicted molar refractivity (Wildman–Crippen MR) is 136 cm³/mol. The van der Waals surface area contributed by atoms with Gasteiger partial charge in [-0.2, -0.15) is 0 Å². The summed E-state index contributed by atoms with van der Waals surface area (Å²) in [6.45, 7) is 7.69. The van der Waals surface area contributed by atoms with E-state index in [9.17, 15) is 33.2 Å². The zero-order valence-electron chi connectivity index (χ0n) is 23.3.